The molecule has 2 aliphatic rings. The molecule has 5 heteroatoms. The Bertz CT molecular complexity index is 552. The summed E-state index contributed by atoms with van der Waals surface area (Å²) >= 11 is 5.87. The molecule has 1 aliphatic heterocycles. The predicted molar refractivity (Wildman–Crippen MR) is 86.9 cm³/mol. The number of carbonyl (C=O) groups excluding carboxylic acids is 2. The lowest BCUT2D eigenvalue weighted by Gasteiger charge is -2.24. The fourth-order valence-corrected chi connectivity index (χ4v) is 3.45. The van der Waals surface area contributed by atoms with Gasteiger partial charge in [-0.15, -0.1) is 0 Å². The molecule has 118 valence electrons. The largest absolute Gasteiger partial charge is 0.353 e. The van der Waals surface area contributed by atoms with E-state index in [-0.39, 0.29) is 17.7 Å². The third kappa shape index (κ3) is 3.43. The highest BCUT2D eigenvalue weighted by Crippen LogP contribution is 2.27. The molecule has 1 heterocycles. The van der Waals surface area contributed by atoms with Crippen molar-refractivity contribution in [1.82, 2.24) is 5.32 Å². The van der Waals surface area contributed by atoms with Crippen molar-refractivity contribution >= 4 is 29.1 Å². The van der Waals surface area contributed by atoms with Crippen molar-refractivity contribution < 1.29 is 9.59 Å². The van der Waals surface area contributed by atoms with E-state index in [2.05, 4.69) is 5.32 Å². The van der Waals surface area contributed by atoms with Crippen LogP contribution in [0.5, 0.6) is 0 Å². The van der Waals surface area contributed by atoms with Gasteiger partial charge in [-0.2, -0.15) is 0 Å². The van der Waals surface area contributed by atoms with Gasteiger partial charge in [0.25, 0.3) is 0 Å². The summed E-state index contributed by atoms with van der Waals surface area (Å²) in [6.07, 6.45) is 6.05. The normalized spacial score (nSPS) is 22.9. The van der Waals surface area contributed by atoms with Gasteiger partial charge in [-0.05, 0) is 37.1 Å². The second kappa shape index (κ2) is 6.69. The van der Waals surface area contributed by atoms with Gasteiger partial charge in [0.05, 0.1) is 5.92 Å². The standard InChI is InChI=1S/C17H21ClN2O2/c18-13-6-8-15(9-7-13)20-11-12(10-16(20)21)17(22)19-14-4-2-1-3-5-14/h6-9,12,14H,1-5,10-11H2,(H,19,22)/t12-/m1/s1. The van der Waals surface area contributed by atoms with Crippen molar-refractivity contribution in [2.75, 3.05) is 11.4 Å². The third-order valence-corrected chi connectivity index (χ3v) is 4.84. The first-order chi connectivity index (χ1) is 10.6. The van der Waals surface area contributed by atoms with Crippen LogP contribution in [0.2, 0.25) is 5.02 Å². The lowest BCUT2D eigenvalue weighted by molar-refractivity contribution is -0.127. The molecule has 0 unspecified atom stereocenters. The highest BCUT2D eigenvalue weighted by atomic mass is 35.5. The molecule has 1 aromatic carbocycles. The Balaban J connectivity index is 1.61. The smallest absolute Gasteiger partial charge is 0.227 e. The first-order valence-corrected chi connectivity index (χ1v) is 8.37. The molecule has 3 rings (SSSR count). The van der Waals surface area contributed by atoms with E-state index in [1.807, 2.05) is 12.1 Å². The zero-order chi connectivity index (χ0) is 15.5. The summed E-state index contributed by atoms with van der Waals surface area (Å²) in [5, 5.41) is 3.76. The van der Waals surface area contributed by atoms with Gasteiger partial charge < -0.3 is 10.2 Å². The van der Waals surface area contributed by atoms with Gasteiger partial charge in [0.15, 0.2) is 0 Å². The van der Waals surface area contributed by atoms with E-state index in [0.29, 0.717) is 24.0 Å². The highest BCUT2D eigenvalue weighted by Gasteiger charge is 2.35. The minimum atomic E-state index is -0.245. The average molecular weight is 321 g/mol. The van der Waals surface area contributed by atoms with Crippen molar-refractivity contribution in [1.29, 1.82) is 0 Å². The van der Waals surface area contributed by atoms with Crippen molar-refractivity contribution in [3.63, 3.8) is 0 Å². The molecule has 4 nitrogen and oxygen atoms in total. The van der Waals surface area contributed by atoms with Gasteiger partial charge in [-0.3, -0.25) is 9.59 Å². The van der Waals surface area contributed by atoms with E-state index in [4.69, 9.17) is 11.6 Å². The molecule has 2 fully saturated rings. The minimum Gasteiger partial charge on any atom is -0.353 e. The summed E-state index contributed by atoms with van der Waals surface area (Å²) in [6.45, 7) is 0.457. The molecule has 0 bridgehead atoms. The number of nitrogens with one attached hydrogen (secondary N) is 1. The molecule has 1 saturated heterocycles. The summed E-state index contributed by atoms with van der Waals surface area (Å²) in [5.74, 6) is -0.215. The van der Waals surface area contributed by atoms with E-state index in [0.717, 1.165) is 18.5 Å². The summed E-state index contributed by atoms with van der Waals surface area (Å²) in [6, 6.07) is 7.46. The van der Waals surface area contributed by atoms with Crippen molar-refractivity contribution in [2.24, 2.45) is 5.92 Å². The predicted octanol–water partition coefficient (Wildman–Crippen LogP) is 3.14. The molecule has 1 atom stereocenters. The molecule has 0 radical (unpaired) electrons. The first kappa shape index (κ1) is 15.3. The number of hydrogen-bond acceptors (Lipinski definition) is 2. The van der Waals surface area contributed by atoms with Crippen LogP contribution in [0.1, 0.15) is 38.5 Å². The number of anilines is 1. The van der Waals surface area contributed by atoms with E-state index in [1.165, 1.54) is 19.3 Å². The number of halogens is 1. The molecule has 1 saturated carbocycles. The zero-order valence-electron chi connectivity index (χ0n) is 12.6. The molecule has 22 heavy (non-hydrogen) atoms. The van der Waals surface area contributed by atoms with Crippen LogP contribution in [0, 0.1) is 5.92 Å². The third-order valence-electron chi connectivity index (χ3n) is 4.59. The van der Waals surface area contributed by atoms with Gasteiger partial charge in [-0.1, -0.05) is 30.9 Å². The SMILES string of the molecule is O=C(NC1CCCCC1)[C@@H]1CC(=O)N(c2ccc(Cl)cc2)C1. The van der Waals surface area contributed by atoms with E-state index in [1.54, 1.807) is 17.0 Å². The van der Waals surface area contributed by atoms with Crippen LogP contribution in [0.25, 0.3) is 0 Å². The topological polar surface area (TPSA) is 49.4 Å². The highest BCUT2D eigenvalue weighted by molar-refractivity contribution is 6.30. The molecular weight excluding hydrogens is 300 g/mol. The van der Waals surface area contributed by atoms with E-state index >= 15 is 0 Å². The maximum absolute atomic E-state index is 12.4. The van der Waals surface area contributed by atoms with Crippen molar-refractivity contribution in [3.8, 4) is 0 Å². The number of rotatable bonds is 3. The number of carbonyl (C=O) groups is 2. The minimum absolute atomic E-state index is 0.00566. The van der Waals surface area contributed by atoms with Crippen LogP contribution in [0.3, 0.4) is 0 Å². The summed E-state index contributed by atoms with van der Waals surface area (Å²) in [4.78, 5) is 26.2. The summed E-state index contributed by atoms with van der Waals surface area (Å²) in [7, 11) is 0. The van der Waals surface area contributed by atoms with E-state index < -0.39 is 0 Å². The molecule has 1 aromatic rings. The second-order valence-electron chi connectivity index (χ2n) is 6.23. The molecule has 0 aromatic heterocycles. The lowest BCUT2D eigenvalue weighted by Crippen LogP contribution is -2.40. The van der Waals surface area contributed by atoms with Gasteiger partial charge >= 0.3 is 0 Å². The Hall–Kier alpha value is -1.55. The molecular formula is C17H21ClN2O2. The van der Waals surface area contributed by atoms with Gasteiger partial charge in [0.2, 0.25) is 11.8 Å². The molecule has 1 N–H and O–H groups in total. The number of nitrogens with zero attached hydrogens (tertiary/aromatic N) is 1. The first-order valence-electron chi connectivity index (χ1n) is 8.00. The van der Waals surface area contributed by atoms with Gasteiger partial charge in [0, 0.05) is 29.7 Å². The molecule has 2 amide bonds. The Labute approximate surface area is 135 Å². The maximum Gasteiger partial charge on any atom is 0.227 e. The number of hydrogen-bond donors (Lipinski definition) is 1. The lowest BCUT2D eigenvalue weighted by atomic mass is 9.95. The Morgan fingerprint density at radius 2 is 1.82 bits per heavy atom. The van der Waals surface area contributed by atoms with Gasteiger partial charge in [-0.25, -0.2) is 0 Å². The Morgan fingerprint density at radius 1 is 1.14 bits per heavy atom. The fraction of sp³-hybridized carbons (Fsp3) is 0.529. The van der Waals surface area contributed by atoms with Crippen LogP contribution in [-0.4, -0.2) is 24.4 Å². The van der Waals surface area contributed by atoms with Crippen LogP contribution in [-0.2, 0) is 9.59 Å². The monoisotopic (exact) mass is 320 g/mol. The summed E-state index contributed by atoms with van der Waals surface area (Å²) < 4.78 is 0. The van der Waals surface area contributed by atoms with Crippen LogP contribution >= 0.6 is 11.6 Å². The van der Waals surface area contributed by atoms with Crippen molar-refractivity contribution in [3.05, 3.63) is 29.3 Å². The van der Waals surface area contributed by atoms with Crippen LogP contribution in [0.15, 0.2) is 24.3 Å². The molecule has 0 spiro atoms. The Morgan fingerprint density at radius 3 is 2.50 bits per heavy atom. The van der Waals surface area contributed by atoms with Crippen LogP contribution in [0.4, 0.5) is 5.69 Å². The quantitative estimate of drug-likeness (QED) is 0.930. The van der Waals surface area contributed by atoms with Crippen LogP contribution < -0.4 is 10.2 Å². The van der Waals surface area contributed by atoms with E-state index in [9.17, 15) is 9.59 Å². The fourth-order valence-electron chi connectivity index (χ4n) is 3.32. The number of amides is 2. The average Bonchev–Trinajstić information content (AvgIpc) is 2.91. The van der Waals surface area contributed by atoms with Gasteiger partial charge in [0.1, 0.15) is 0 Å². The zero-order valence-corrected chi connectivity index (χ0v) is 13.3. The molecule has 1 aliphatic carbocycles. The summed E-state index contributed by atoms with van der Waals surface area (Å²) in [5.41, 5.74) is 0.808. The second-order valence-corrected chi connectivity index (χ2v) is 6.66. The Kier molecular flexibility index (Phi) is 4.67. The van der Waals surface area contributed by atoms with Crippen molar-refractivity contribution in [2.45, 2.75) is 44.6 Å². The number of benzene rings is 1. The maximum atomic E-state index is 12.4.